The number of anilines is 1. The van der Waals surface area contributed by atoms with Crippen molar-refractivity contribution in [3.8, 4) is 0 Å². The molecular formula is C16H27N5O2. The molecule has 2 amide bonds. The third-order valence-electron chi connectivity index (χ3n) is 5.01. The molecule has 2 fully saturated rings. The Morgan fingerprint density at radius 1 is 1.35 bits per heavy atom. The van der Waals surface area contributed by atoms with Crippen LogP contribution in [0.15, 0.2) is 0 Å². The van der Waals surface area contributed by atoms with Crippen LogP contribution in [0.4, 0.5) is 10.5 Å². The third-order valence-corrected chi connectivity index (χ3v) is 5.01. The largest absolute Gasteiger partial charge is 0.383 e. The van der Waals surface area contributed by atoms with Gasteiger partial charge >= 0.3 is 6.03 Å². The monoisotopic (exact) mass is 321 g/mol. The van der Waals surface area contributed by atoms with E-state index in [4.69, 9.17) is 4.74 Å². The highest BCUT2D eigenvalue weighted by Crippen LogP contribution is 2.29. The summed E-state index contributed by atoms with van der Waals surface area (Å²) in [4.78, 5) is 14.9. The molecule has 2 atom stereocenters. The molecule has 2 bridgehead atoms. The molecule has 3 rings (SSSR count). The fraction of sp³-hybridized carbons (Fsp3) is 0.750. The van der Waals surface area contributed by atoms with Gasteiger partial charge in [0.15, 0.2) is 0 Å². The minimum atomic E-state index is 0.0127. The van der Waals surface area contributed by atoms with Crippen molar-refractivity contribution in [2.45, 2.75) is 51.7 Å². The van der Waals surface area contributed by atoms with Crippen molar-refractivity contribution in [2.24, 2.45) is 0 Å². The summed E-state index contributed by atoms with van der Waals surface area (Å²) in [7, 11) is 1.68. The molecule has 2 N–H and O–H groups in total. The Morgan fingerprint density at radius 3 is 2.91 bits per heavy atom. The molecule has 0 saturated carbocycles. The lowest BCUT2D eigenvalue weighted by atomic mass is 10.1. The van der Waals surface area contributed by atoms with E-state index in [1.807, 2.05) is 23.4 Å². The molecule has 23 heavy (non-hydrogen) atoms. The number of hydrogen-bond donors (Lipinski definition) is 2. The normalized spacial score (nSPS) is 23.9. The van der Waals surface area contributed by atoms with E-state index in [2.05, 4.69) is 15.7 Å². The van der Waals surface area contributed by atoms with Crippen molar-refractivity contribution in [3.05, 3.63) is 11.4 Å². The second-order valence-electron chi connectivity index (χ2n) is 6.48. The van der Waals surface area contributed by atoms with Crippen LogP contribution in [0.25, 0.3) is 0 Å². The van der Waals surface area contributed by atoms with Gasteiger partial charge in [-0.25, -0.2) is 4.79 Å². The molecule has 1 aromatic heterocycles. The van der Waals surface area contributed by atoms with Crippen LogP contribution in [0, 0.1) is 13.8 Å². The zero-order chi connectivity index (χ0) is 16.4. The van der Waals surface area contributed by atoms with Gasteiger partial charge in [-0.1, -0.05) is 0 Å². The number of amides is 2. The van der Waals surface area contributed by atoms with Crippen molar-refractivity contribution in [3.63, 3.8) is 0 Å². The maximum absolute atomic E-state index is 12.8. The zero-order valence-electron chi connectivity index (χ0n) is 14.3. The standard InChI is InChI=1S/C16H27N5O2/c1-11-15(12(2)20(19-11)8-9-23-3)18-16(22)21-13-4-5-14(21)10-17-7-6-13/h13-14,17H,4-10H2,1-3H3,(H,18,22). The minimum Gasteiger partial charge on any atom is -0.383 e. The maximum Gasteiger partial charge on any atom is 0.322 e. The van der Waals surface area contributed by atoms with Crippen molar-refractivity contribution in [1.29, 1.82) is 0 Å². The highest BCUT2D eigenvalue weighted by molar-refractivity contribution is 5.91. The predicted molar refractivity (Wildman–Crippen MR) is 88.7 cm³/mol. The van der Waals surface area contributed by atoms with Crippen LogP contribution < -0.4 is 10.6 Å². The smallest absolute Gasteiger partial charge is 0.322 e. The fourth-order valence-electron chi connectivity index (χ4n) is 3.76. The molecule has 7 nitrogen and oxygen atoms in total. The number of urea groups is 1. The number of carbonyl (C=O) groups excluding carboxylic acids is 1. The quantitative estimate of drug-likeness (QED) is 0.882. The molecule has 0 spiro atoms. The molecule has 128 valence electrons. The van der Waals surface area contributed by atoms with E-state index in [1.54, 1.807) is 7.11 Å². The number of fused-ring (bicyclic) bond motifs is 2. The molecule has 2 aliphatic rings. The first kappa shape index (κ1) is 16.3. The summed E-state index contributed by atoms with van der Waals surface area (Å²) in [6, 6.07) is 0.685. The first-order chi connectivity index (χ1) is 11.1. The lowest BCUT2D eigenvalue weighted by molar-refractivity contribution is 0.182. The Balaban J connectivity index is 1.74. The Kier molecular flexibility index (Phi) is 4.87. The first-order valence-corrected chi connectivity index (χ1v) is 8.44. The number of nitrogens with one attached hydrogen (secondary N) is 2. The highest BCUT2D eigenvalue weighted by Gasteiger charge is 2.38. The molecular weight excluding hydrogens is 294 g/mol. The lowest BCUT2D eigenvalue weighted by Crippen LogP contribution is -2.45. The van der Waals surface area contributed by atoms with Crippen molar-refractivity contribution in [1.82, 2.24) is 20.0 Å². The molecule has 0 aliphatic carbocycles. The minimum absolute atomic E-state index is 0.0127. The number of nitrogens with zero attached hydrogens (tertiary/aromatic N) is 3. The van der Waals surface area contributed by atoms with E-state index in [9.17, 15) is 4.79 Å². The van der Waals surface area contributed by atoms with Crippen LogP contribution in [-0.4, -0.2) is 59.6 Å². The maximum atomic E-state index is 12.8. The molecule has 0 radical (unpaired) electrons. The summed E-state index contributed by atoms with van der Waals surface area (Å²) >= 11 is 0. The molecule has 0 aromatic carbocycles. The van der Waals surface area contributed by atoms with Gasteiger partial charge in [-0.2, -0.15) is 5.10 Å². The van der Waals surface area contributed by atoms with Crippen molar-refractivity contribution >= 4 is 11.7 Å². The summed E-state index contributed by atoms with van der Waals surface area (Å²) in [6.45, 7) is 7.12. The van der Waals surface area contributed by atoms with Gasteiger partial charge in [0.1, 0.15) is 0 Å². The van der Waals surface area contributed by atoms with Gasteiger partial charge in [0.2, 0.25) is 0 Å². The second-order valence-corrected chi connectivity index (χ2v) is 6.48. The van der Waals surface area contributed by atoms with Gasteiger partial charge in [-0.05, 0) is 39.7 Å². The number of ether oxygens (including phenoxy) is 1. The van der Waals surface area contributed by atoms with Crippen LogP contribution in [0.5, 0.6) is 0 Å². The van der Waals surface area contributed by atoms with Gasteiger partial charge in [0.25, 0.3) is 0 Å². The second kappa shape index (κ2) is 6.88. The van der Waals surface area contributed by atoms with Crippen LogP contribution >= 0.6 is 0 Å². The summed E-state index contributed by atoms with van der Waals surface area (Å²) in [5, 5.41) is 11.0. The van der Waals surface area contributed by atoms with Crippen molar-refractivity contribution < 1.29 is 9.53 Å². The van der Waals surface area contributed by atoms with E-state index in [-0.39, 0.29) is 6.03 Å². The van der Waals surface area contributed by atoms with Gasteiger partial charge in [-0.15, -0.1) is 0 Å². The molecule has 2 saturated heterocycles. The van der Waals surface area contributed by atoms with Gasteiger partial charge in [0, 0.05) is 25.7 Å². The molecule has 1 aromatic rings. The van der Waals surface area contributed by atoms with E-state index in [0.717, 1.165) is 49.4 Å². The van der Waals surface area contributed by atoms with Gasteiger partial charge in [-0.3, -0.25) is 4.68 Å². The average molecular weight is 321 g/mol. The van der Waals surface area contributed by atoms with E-state index in [1.165, 1.54) is 0 Å². The first-order valence-electron chi connectivity index (χ1n) is 8.44. The summed E-state index contributed by atoms with van der Waals surface area (Å²) in [5.74, 6) is 0. The van der Waals surface area contributed by atoms with E-state index >= 15 is 0 Å². The molecule has 3 heterocycles. The number of aryl methyl sites for hydroxylation is 1. The summed E-state index contributed by atoms with van der Waals surface area (Å²) in [6.07, 6.45) is 3.25. The van der Waals surface area contributed by atoms with Crippen molar-refractivity contribution in [2.75, 3.05) is 32.1 Å². The zero-order valence-corrected chi connectivity index (χ0v) is 14.3. The summed E-state index contributed by atoms with van der Waals surface area (Å²) < 4.78 is 7.01. The van der Waals surface area contributed by atoms with Crippen LogP contribution in [0.2, 0.25) is 0 Å². The van der Waals surface area contributed by atoms with Gasteiger partial charge in [0.05, 0.1) is 30.2 Å². The molecule has 2 aliphatic heterocycles. The topological polar surface area (TPSA) is 71.4 Å². The third kappa shape index (κ3) is 3.21. The SMILES string of the molecule is COCCn1nc(C)c(NC(=O)N2C3CCNCC2CC3)c1C. The number of carbonyl (C=O) groups is 1. The van der Waals surface area contributed by atoms with E-state index < -0.39 is 0 Å². The number of aromatic nitrogens is 2. The van der Waals surface area contributed by atoms with Gasteiger partial charge < -0.3 is 20.3 Å². The fourth-order valence-corrected chi connectivity index (χ4v) is 3.76. The number of hydrogen-bond acceptors (Lipinski definition) is 4. The summed E-state index contributed by atoms with van der Waals surface area (Å²) in [5.41, 5.74) is 2.67. The molecule has 2 unspecified atom stereocenters. The number of rotatable bonds is 4. The average Bonchev–Trinajstić information content (AvgIpc) is 2.94. The van der Waals surface area contributed by atoms with E-state index in [0.29, 0.717) is 25.2 Å². The molecule has 7 heteroatoms. The highest BCUT2D eigenvalue weighted by atomic mass is 16.5. The lowest BCUT2D eigenvalue weighted by Gasteiger charge is -2.28. The predicted octanol–water partition coefficient (Wildman–Crippen LogP) is 1.50. The Hall–Kier alpha value is -1.60. The Labute approximate surface area is 137 Å². The number of methoxy groups -OCH3 is 1. The Morgan fingerprint density at radius 2 is 2.13 bits per heavy atom. The Bertz CT molecular complexity index is 557. The van der Waals surface area contributed by atoms with Crippen LogP contribution in [-0.2, 0) is 11.3 Å². The van der Waals surface area contributed by atoms with Crippen LogP contribution in [0.1, 0.15) is 30.7 Å². The van der Waals surface area contributed by atoms with Crippen LogP contribution in [0.3, 0.4) is 0 Å².